The van der Waals surface area contributed by atoms with Crippen LogP contribution in [0.5, 0.6) is 0 Å². The van der Waals surface area contributed by atoms with Gasteiger partial charge in [-0.3, -0.25) is 4.79 Å². The summed E-state index contributed by atoms with van der Waals surface area (Å²) in [6, 6.07) is 10.3. The average Bonchev–Trinajstić information content (AvgIpc) is 3.12. The number of aryl methyl sites for hydroxylation is 1. The van der Waals surface area contributed by atoms with E-state index in [1.807, 2.05) is 24.0 Å². The standard InChI is InChI=1S/C20H22N6O/c1-3-5-18(27)24-10-12-25(13-11-24)20-22-19-21-9-8-17(26(19)23-20)16-7-4-6-15(2)14-16/h3-9,14H,10-13H2,1-2H3/b5-3+. The number of nitrogens with zero attached hydrogens (tertiary/aromatic N) is 6. The zero-order valence-electron chi connectivity index (χ0n) is 15.5. The van der Waals surface area contributed by atoms with Gasteiger partial charge in [0.15, 0.2) is 0 Å². The summed E-state index contributed by atoms with van der Waals surface area (Å²) in [4.78, 5) is 24.9. The van der Waals surface area contributed by atoms with Crippen LogP contribution in [0, 0.1) is 6.92 Å². The number of anilines is 1. The molecule has 0 N–H and O–H groups in total. The maximum atomic E-state index is 12.0. The molecule has 0 bridgehead atoms. The normalized spacial score (nSPS) is 15.0. The molecule has 7 nitrogen and oxygen atoms in total. The van der Waals surface area contributed by atoms with Crippen molar-refractivity contribution in [2.24, 2.45) is 0 Å². The second kappa shape index (κ2) is 7.19. The highest BCUT2D eigenvalue weighted by atomic mass is 16.2. The van der Waals surface area contributed by atoms with Crippen LogP contribution in [0.15, 0.2) is 48.7 Å². The summed E-state index contributed by atoms with van der Waals surface area (Å²) >= 11 is 0. The van der Waals surface area contributed by atoms with E-state index in [-0.39, 0.29) is 5.91 Å². The van der Waals surface area contributed by atoms with Gasteiger partial charge in [0.05, 0.1) is 5.69 Å². The molecule has 3 heterocycles. The van der Waals surface area contributed by atoms with Crippen molar-refractivity contribution in [3.63, 3.8) is 0 Å². The molecule has 1 aromatic carbocycles. The Kier molecular flexibility index (Phi) is 4.58. The highest BCUT2D eigenvalue weighted by molar-refractivity contribution is 5.87. The van der Waals surface area contributed by atoms with E-state index in [2.05, 4.69) is 40.0 Å². The Morgan fingerprint density at radius 1 is 1.15 bits per heavy atom. The number of fused-ring (bicyclic) bond motifs is 1. The monoisotopic (exact) mass is 362 g/mol. The summed E-state index contributed by atoms with van der Waals surface area (Å²) in [6.45, 7) is 6.67. The first kappa shape index (κ1) is 17.2. The van der Waals surface area contributed by atoms with Crippen molar-refractivity contribution in [3.05, 3.63) is 54.2 Å². The molecule has 2 aromatic heterocycles. The number of aromatic nitrogens is 4. The quantitative estimate of drug-likeness (QED) is 0.669. The lowest BCUT2D eigenvalue weighted by atomic mass is 10.1. The Labute approximate surface area is 158 Å². The van der Waals surface area contributed by atoms with Crippen molar-refractivity contribution in [1.29, 1.82) is 0 Å². The number of carbonyl (C=O) groups is 1. The van der Waals surface area contributed by atoms with Crippen molar-refractivity contribution < 1.29 is 4.79 Å². The number of hydrogen-bond donors (Lipinski definition) is 0. The Hall–Kier alpha value is -3.22. The van der Waals surface area contributed by atoms with Crippen molar-refractivity contribution >= 4 is 17.6 Å². The summed E-state index contributed by atoms with van der Waals surface area (Å²) in [5.41, 5.74) is 3.24. The highest BCUT2D eigenvalue weighted by Gasteiger charge is 2.23. The molecule has 1 saturated heterocycles. The molecule has 0 aliphatic carbocycles. The van der Waals surface area contributed by atoms with Crippen LogP contribution in [-0.4, -0.2) is 56.6 Å². The van der Waals surface area contributed by atoms with Crippen LogP contribution in [0.25, 0.3) is 17.0 Å². The zero-order chi connectivity index (χ0) is 18.8. The highest BCUT2D eigenvalue weighted by Crippen LogP contribution is 2.22. The van der Waals surface area contributed by atoms with Gasteiger partial charge in [0.1, 0.15) is 0 Å². The van der Waals surface area contributed by atoms with Gasteiger partial charge < -0.3 is 9.80 Å². The van der Waals surface area contributed by atoms with Gasteiger partial charge in [-0.1, -0.05) is 29.8 Å². The minimum atomic E-state index is 0.0588. The maximum absolute atomic E-state index is 12.0. The SMILES string of the molecule is C/C=C/C(=O)N1CCN(c2nc3nccc(-c4cccc(C)c4)n3n2)CC1. The topological polar surface area (TPSA) is 66.6 Å². The van der Waals surface area contributed by atoms with Gasteiger partial charge in [0, 0.05) is 37.9 Å². The molecule has 27 heavy (non-hydrogen) atoms. The lowest BCUT2D eigenvalue weighted by Gasteiger charge is -2.33. The number of benzene rings is 1. The molecule has 1 aliphatic heterocycles. The molecule has 0 unspecified atom stereocenters. The van der Waals surface area contributed by atoms with E-state index in [1.165, 1.54) is 5.56 Å². The predicted octanol–water partition coefficient (Wildman–Crippen LogP) is 2.32. The van der Waals surface area contributed by atoms with Crippen molar-refractivity contribution in [2.75, 3.05) is 31.1 Å². The van der Waals surface area contributed by atoms with Crippen LogP contribution in [0.3, 0.4) is 0 Å². The molecule has 1 aliphatic rings. The van der Waals surface area contributed by atoms with E-state index in [9.17, 15) is 4.79 Å². The summed E-state index contributed by atoms with van der Waals surface area (Å²) in [7, 11) is 0. The maximum Gasteiger partial charge on any atom is 0.254 e. The minimum Gasteiger partial charge on any atom is -0.336 e. The first-order chi connectivity index (χ1) is 13.2. The Bertz CT molecular complexity index is 1000. The van der Waals surface area contributed by atoms with Gasteiger partial charge in [-0.2, -0.15) is 9.50 Å². The number of amides is 1. The molecule has 0 spiro atoms. The lowest BCUT2D eigenvalue weighted by molar-refractivity contribution is -0.126. The van der Waals surface area contributed by atoms with E-state index in [1.54, 1.807) is 22.9 Å². The molecule has 138 valence electrons. The smallest absolute Gasteiger partial charge is 0.254 e. The van der Waals surface area contributed by atoms with Gasteiger partial charge in [-0.25, -0.2) is 4.98 Å². The van der Waals surface area contributed by atoms with Crippen molar-refractivity contribution in [3.8, 4) is 11.3 Å². The Morgan fingerprint density at radius 3 is 2.70 bits per heavy atom. The average molecular weight is 362 g/mol. The Morgan fingerprint density at radius 2 is 1.96 bits per heavy atom. The van der Waals surface area contributed by atoms with Crippen LogP contribution >= 0.6 is 0 Å². The van der Waals surface area contributed by atoms with Crippen LogP contribution in [0.4, 0.5) is 5.95 Å². The molecule has 1 amide bonds. The number of piperazine rings is 1. The van der Waals surface area contributed by atoms with Crippen LogP contribution in [0.1, 0.15) is 12.5 Å². The van der Waals surface area contributed by atoms with Crippen molar-refractivity contribution in [2.45, 2.75) is 13.8 Å². The second-order valence-corrected chi connectivity index (χ2v) is 6.64. The molecule has 7 heteroatoms. The Balaban J connectivity index is 1.60. The minimum absolute atomic E-state index is 0.0588. The van der Waals surface area contributed by atoms with E-state index in [0.717, 1.165) is 11.3 Å². The van der Waals surface area contributed by atoms with Gasteiger partial charge in [0.2, 0.25) is 11.9 Å². The zero-order valence-corrected chi connectivity index (χ0v) is 15.5. The first-order valence-electron chi connectivity index (χ1n) is 9.11. The molecule has 0 radical (unpaired) electrons. The molecular formula is C20H22N6O. The fraction of sp³-hybridized carbons (Fsp3) is 0.300. The van der Waals surface area contributed by atoms with Gasteiger partial charge in [-0.15, -0.1) is 5.10 Å². The fourth-order valence-corrected chi connectivity index (χ4v) is 3.32. The summed E-state index contributed by atoms with van der Waals surface area (Å²) in [5.74, 6) is 1.29. The van der Waals surface area contributed by atoms with E-state index >= 15 is 0 Å². The van der Waals surface area contributed by atoms with Crippen LogP contribution < -0.4 is 4.90 Å². The molecule has 0 atom stereocenters. The summed E-state index contributed by atoms with van der Waals surface area (Å²) in [6.07, 6.45) is 5.15. The van der Waals surface area contributed by atoms with Crippen LogP contribution in [0.2, 0.25) is 0 Å². The molecule has 4 rings (SSSR count). The van der Waals surface area contributed by atoms with Gasteiger partial charge in [0.25, 0.3) is 5.78 Å². The third-order valence-corrected chi connectivity index (χ3v) is 4.73. The molecular weight excluding hydrogens is 340 g/mol. The number of carbonyl (C=O) groups excluding carboxylic acids is 1. The van der Waals surface area contributed by atoms with E-state index < -0.39 is 0 Å². The predicted molar refractivity (Wildman–Crippen MR) is 105 cm³/mol. The van der Waals surface area contributed by atoms with Crippen LogP contribution in [-0.2, 0) is 4.79 Å². The number of hydrogen-bond acceptors (Lipinski definition) is 5. The third kappa shape index (κ3) is 3.40. The van der Waals surface area contributed by atoms with E-state index in [4.69, 9.17) is 5.10 Å². The third-order valence-electron chi connectivity index (χ3n) is 4.73. The fourth-order valence-electron chi connectivity index (χ4n) is 3.32. The van der Waals surface area contributed by atoms with Gasteiger partial charge >= 0.3 is 0 Å². The number of allylic oxidation sites excluding steroid dienone is 1. The molecule has 0 saturated carbocycles. The van der Waals surface area contributed by atoms with Crippen molar-refractivity contribution in [1.82, 2.24) is 24.5 Å². The number of rotatable bonds is 3. The van der Waals surface area contributed by atoms with Gasteiger partial charge in [-0.05, 0) is 32.1 Å². The second-order valence-electron chi connectivity index (χ2n) is 6.64. The summed E-state index contributed by atoms with van der Waals surface area (Å²) < 4.78 is 1.79. The first-order valence-corrected chi connectivity index (χ1v) is 9.11. The van der Waals surface area contributed by atoms with E-state index in [0.29, 0.717) is 37.9 Å². The summed E-state index contributed by atoms with van der Waals surface area (Å²) in [5, 5.41) is 4.70. The molecule has 1 fully saturated rings. The lowest BCUT2D eigenvalue weighted by Crippen LogP contribution is -2.48. The molecule has 3 aromatic rings. The largest absolute Gasteiger partial charge is 0.336 e.